The maximum atomic E-state index is 5.58. The standard InChI is InChI=1S/C13H26N4O/c1-6-7-14-11(5)12-16-17-13(18-12)15-8-10(4)9(2)3/h9-11,14H,6-8H2,1-5H3,(H,15,17). The lowest BCUT2D eigenvalue weighted by Gasteiger charge is -2.14. The molecule has 5 heteroatoms. The Morgan fingerprint density at radius 3 is 2.50 bits per heavy atom. The van der Waals surface area contributed by atoms with Gasteiger partial charge in [0.15, 0.2) is 0 Å². The molecule has 0 radical (unpaired) electrons. The van der Waals surface area contributed by atoms with Gasteiger partial charge in [-0.3, -0.25) is 0 Å². The SMILES string of the molecule is CCCNC(C)c1nnc(NCC(C)C(C)C)o1. The summed E-state index contributed by atoms with van der Waals surface area (Å²) in [6, 6.07) is 0.623. The minimum atomic E-state index is 0.107. The monoisotopic (exact) mass is 254 g/mol. The molecular weight excluding hydrogens is 228 g/mol. The lowest BCUT2D eigenvalue weighted by atomic mass is 9.98. The van der Waals surface area contributed by atoms with E-state index in [-0.39, 0.29) is 6.04 Å². The van der Waals surface area contributed by atoms with Crippen LogP contribution >= 0.6 is 0 Å². The fraction of sp³-hybridized carbons (Fsp3) is 0.846. The average molecular weight is 254 g/mol. The summed E-state index contributed by atoms with van der Waals surface area (Å²) in [5.74, 6) is 1.86. The average Bonchev–Trinajstić information content (AvgIpc) is 2.81. The second-order valence-corrected chi connectivity index (χ2v) is 5.22. The van der Waals surface area contributed by atoms with Gasteiger partial charge in [0.05, 0.1) is 6.04 Å². The van der Waals surface area contributed by atoms with Crippen LogP contribution in [0.15, 0.2) is 4.42 Å². The lowest BCUT2D eigenvalue weighted by molar-refractivity contribution is 0.411. The van der Waals surface area contributed by atoms with Crippen molar-refractivity contribution in [2.75, 3.05) is 18.4 Å². The molecule has 104 valence electrons. The van der Waals surface area contributed by atoms with Gasteiger partial charge < -0.3 is 15.1 Å². The van der Waals surface area contributed by atoms with Crippen molar-refractivity contribution in [2.45, 2.75) is 47.1 Å². The van der Waals surface area contributed by atoms with E-state index in [4.69, 9.17) is 4.42 Å². The highest BCUT2D eigenvalue weighted by Crippen LogP contribution is 2.15. The maximum absolute atomic E-state index is 5.58. The topological polar surface area (TPSA) is 63.0 Å². The number of anilines is 1. The molecule has 0 saturated carbocycles. The highest BCUT2D eigenvalue weighted by molar-refractivity contribution is 5.17. The van der Waals surface area contributed by atoms with E-state index >= 15 is 0 Å². The zero-order valence-electron chi connectivity index (χ0n) is 12.2. The summed E-state index contributed by atoms with van der Waals surface area (Å²) in [5, 5.41) is 14.6. The van der Waals surface area contributed by atoms with E-state index in [2.05, 4.69) is 48.5 Å². The summed E-state index contributed by atoms with van der Waals surface area (Å²) in [6.45, 7) is 12.6. The third-order valence-corrected chi connectivity index (χ3v) is 3.22. The second-order valence-electron chi connectivity index (χ2n) is 5.22. The molecule has 0 amide bonds. The summed E-state index contributed by atoms with van der Waals surface area (Å²) in [7, 11) is 0. The van der Waals surface area contributed by atoms with Crippen LogP contribution in [0.4, 0.5) is 6.01 Å². The number of hydrogen-bond acceptors (Lipinski definition) is 5. The van der Waals surface area contributed by atoms with Crippen molar-refractivity contribution in [1.29, 1.82) is 0 Å². The molecule has 2 unspecified atom stereocenters. The molecule has 2 N–H and O–H groups in total. The molecule has 2 atom stereocenters. The molecule has 1 heterocycles. The summed E-state index contributed by atoms with van der Waals surface area (Å²) in [4.78, 5) is 0. The molecule has 1 aromatic rings. The van der Waals surface area contributed by atoms with Gasteiger partial charge in [0.25, 0.3) is 0 Å². The van der Waals surface area contributed by atoms with Crippen molar-refractivity contribution in [2.24, 2.45) is 11.8 Å². The van der Waals surface area contributed by atoms with Crippen LogP contribution < -0.4 is 10.6 Å². The van der Waals surface area contributed by atoms with Crippen molar-refractivity contribution < 1.29 is 4.42 Å². The third kappa shape index (κ3) is 4.64. The predicted molar refractivity (Wildman–Crippen MR) is 73.5 cm³/mol. The van der Waals surface area contributed by atoms with Crippen LogP contribution in [0.1, 0.15) is 53.0 Å². The normalized spacial score (nSPS) is 14.8. The summed E-state index contributed by atoms with van der Waals surface area (Å²) < 4.78 is 5.58. The third-order valence-electron chi connectivity index (χ3n) is 3.22. The van der Waals surface area contributed by atoms with E-state index in [9.17, 15) is 0 Å². The number of nitrogens with zero attached hydrogens (tertiary/aromatic N) is 2. The first-order valence-electron chi connectivity index (χ1n) is 6.85. The van der Waals surface area contributed by atoms with Gasteiger partial charge in [-0.25, -0.2) is 0 Å². The van der Waals surface area contributed by atoms with E-state index < -0.39 is 0 Å². The van der Waals surface area contributed by atoms with E-state index in [1.807, 2.05) is 6.92 Å². The highest BCUT2D eigenvalue weighted by Gasteiger charge is 2.14. The Morgan fingerprint density at radius 1 is 1.17 bits per heavy atom. The molecular formula is C13H26N4O. The van der Waals surface area contributed by atoms with Gasteiger partial charge in [0.2, 0.25) is 5.89 Å². The Hall–Kier alpha value is -1.10. The van der Waals surface area contributed by atoms with Crippen LogP contribution in [-0.4, -0.2) is 23.3 Å². The fourth-order valence-corrected chi connectivity index (χ4v) is 1.41. The van der Waals surface area contributed by atoms with Crippen LogP contribution in [0.5, 0.6) is 0 Å². The lowest BCUT2D eigenvalue weighted by Crippen LogP contribution is -2.19. The Bertz CT molecular complexity index is 337. The van der Waals surface area contributed by atoms with Gasteiger partial charge in [-0.15, -0.1) is 5.10 Å². The minimum absolute atomic E-state index is 0.107. The Morgan fingerprint density at radius 2 is 1.89 bits per heavy atom. The Kier molecular flexibility index (Phi) is 6.12. The van der Waals surface area contributed by atoms with Crippen LogP contribution in [0.3, 0.4) is 0 Å². The summed E-state index contributed by atoms with van der Waals surface area (Å²) >= 11 is 0. The molecule has 1 rings (SSSR count). The van der Waals surface area contributed by atoms with Crippen molar-refractivity contribution in [1.82, 2.24) is 15.5 Å². The first kappa shape index (κ1) is 15.0. The van der Waals surface area contributed by atoms with Gasteiger partial charge in [-0.1, -0.05) is 32.8 Å². The van der Waals surface area contributed by atoms with Crippen LogP contribution in [-0.2, 0) is 0 Å². The minimum Gasteiger partial charge on any atom is -0.406 e. The molecule has 0 aliphatic carbocycles. The van der Waals surface area contributed by atoms with Crippen LogP contribution in [0.2, 0.25) is 0 Å². The van der Waals surface area contributed by atoms with E-state index in [1.165, 1.54) is 0 Å². The van der Waals surface area contributed by atoms with Crippen molar-refractivity contribution >= 4 is 6.01 Å². The molecule has 0 aliphatic heterocycles. The maximum Gasteiger partial charge on any atom is 0.315 e. The Labute approximate surface area is 110 Å². The predicted octanol–water partition coefficient (Wildman–Crippen LogP) is 2.83. The number of rotatable bonds is 8. The van der Waals surface area contributed by atoms with Gasteiger partial charge in [0, 0.05) is 6.54 Å². The van der Waals surface area contributed by atoms with E-state index in [0.717, 1.165) is 19.5 Å². The molecule has 1 aromatic heterocycles. The Balaban J connectivity index is 2.43. The number of nitrogens with one attached hydrogen (secondary N) is 2. The zero-order valence-corrected chi connectivity index (χ0v) is 12.2. The molecule has 0 spiro atoms. The molecule has 18 heavy (non-hydrogen) atoms. The smallest absolute Gasteiger partial charge is 0.315 e. The molecule has 0 fully saturated rings. The second kappa shape index (κ2) is 7.36. The molecule has 0 aromatic carbocycles. The summed E-state index contributed by atoms with van der Waals surface area (Å²) in [5.41, 5.74) is 0. The van der Waals surface area contributed by atoms with Crippen molar-refractivity contribution in [3.05, 3.63) is 5.89 Å². The van der Waals surface area contributed by atoms with Gasteiger partial charge in [-0.2, -0.15) is 0 Å². The van der Waals surface area contributed by atoms with Gasteiger partial charge in [0.1, 0.15) is 0 Å². The first-order valence-corrected chi connectivity index (χ1v) is 6.85. The van der Waals surface area contributed by atoms with Gasteiger partial charge >= 0.3 is 6.01 Å². The highest BCUT2D eigenvalue weighted by atomic mass is 16.4. The quantitative estimate of drug-likeness (QED) is 0.747. The summed E-state index contributed by atoms with van der Waals surface area (Å²) in [6.07, 6.45) is 1.09. The molecule has 0 bridgehead atoms. The molecule has 0 saturated heterocycles. The fourth-order valence-electron chi connectivity index (χ4n) is 1.41. The van der Waals surface area contributed by atoms with Gasteiger partial charge in [-0.05, 0) is 31.7 Å². The molecule has 5 nitrogen and oxygen atoms in total. The zero-order chi connectivity index (χ0) is 13.5. The largest absolute Gasteiger partial charge is 0.406 e. The van der Waals surface area contributed by atoms with E-state index in [0.29, 0.717) is 23.7 Å². The number of aromatic nitrogens is 2. The van der Waals surface area contributed by atoms with Crippen LogP contribution in [0, 0.1) is 11.8 Å². The van der Waals surface area contributed by atoms with Crippen LogP contribution in [0.25, 0.3) is 0 Å². The number of hydrogen-bond donors (Lipinski definition) is 2. The van der Waals surface area contributed by atoms with Crippen molar-refractivity contribution in [3.63, 3.8) is 0 Å². The van der Waals surface area contributed by atoms with Crippen molar-refractivity contribution in [3.8, 4) is 0 Å². The molecule has 0 aliphatic rings. The van der Waals surface area contributed by atoms with E-state index in [1.54, 1.807) is 0 Å². The first-order chi connectivity index (χ1) is 8.54.